The lowest BCUT2D eigenvalue weighted by Crippen LogP contribution is -2.47. The van der Waals surface area contributed by atoms with Gasteiger partial charge in [0.15, 0.2) is 0 Å². The molecule has 1 atom stereocenters. The molecule has 6 heteroatoms. The highest BCUT2D eigenvalue weighted by Gasteiger charge is 2.49. The molecule has 0 radical (unpaired) electrons. The molecule has 5 nitrogen and oxygen atoms in total. The highest BCUT2D eigenvalue weighted by molar-refractivity contribution is 7.89. The van der Waals surface area contributed by atoms with Crippen LogP contribution >= 0.6 is 0 Å². The molecule has 0 spiro atoms. The van der Waals surface area contributed by atoms with Crippen molar-refractivity contribution >= 4 is 21.6 Å². The van der Waals surface area contributed by atoms with Crippen LogP contribution in [0, 0.1) is 0 Å². The molecule has 0 bridgehead atoms. The molecule has 1 aromatic carbocycles. The Labute approximate surface area is 132 Å². The average molecular weight is 322 g/mol. The summed E-state index contributed by atoms with van der Waals surface area (Å²) in [5.74, 6) is -0.297. The molecule has 0 N–H and O–H groups in total. The summed E-state index contributed by atoms with van der Waals surface area (Å²) in [6.45, 7) is 2.90. The van der Waals surface area contributed by atoms with Gasteiger partial charge in [-0.2, -0.15) is 0 Å². The van der Waals surface area contributed by atoms with E-state index in [9.17, 15) is 13.2 Å². The van der Waals surface area contributed by atoms with E-state index in [1.54, 1.807) is 23.2 Å². The van der Waals surface area contributed by atoms with Crippen molar-refractivity contribution in [2.24, 2.45) is 0 Å². The number of amides is 1. The number of para-hydroxylation sites is 1. The second-order valence-electron chi connectivity index (χ2n) is 6.43. The van der Waals surface area contributed by atoms with E-state index >= 15 is 0 Å². The Hall–Kier alpha value is -1.40. The fourth-order valence-electron chi connectivity index (χ4n) is 3.57. The summed E-state index contributed by atoms with van der Waals surface area (Å²) < 4.78 is 27.1. The summed E-state index contributed by atoms with van der Waals surface area (Å²) in [6, 6.07) is 7.46. The Morgan fingerprint density at radius 1 is 1.14 bits per heavy atom. The molecule has 0 saturated carbocycles. The zero-order valence-electron chi connectivity index (χ0n) is 13.1. The van der Waals surface area contributed by atoms with E-state index in [4.69, 9.17) is 0 Å². The first-order chi connectivity index (χ1) is 10.4. The van der Waals surface area contributed by atoms with Crippen molar-refractivity contribution < 1.29 is 13.2 Å². The first-order valence-electron chi connectivity index (χ1n) is 7.72. The van der Waals surface area contributed by atoms with Crippen LogP contribution in [0.25, 0.3) is 0 Å². The predicted octanol–water partition coefficient (Wildman–Crippen LogP) is 1.74. The highest BCUT2D eigenvalue weighted by Crippen LogP contribution is 2.42. The Morgan fingerprint density at radius 2 is 1.77 bits per heavy atom. The van der Waals surface area contributed by atoms with E-state index in [1.165, 1.54) is 0 Å². The summed E-state index contributed by atoms with van der Waals surface area (Å²) in [5, 5.41) is 0. The van der Waals surface area contributed by atoms with E-state index in [0.29, 0.717) is 13.1 Å². The van der Waals surface area contributed by atoms with Crippen LogP contribution in [0.5, 0.6) is 0 Å². The fourth-order valence-corrected chi connectivity index (χ4v) is 5.57. The van der Waals surface area contributed by atoms with Gasteiger partial charge in [-0.05, 0) is 31.4 Å². The molecule has 3 rings (SSSR count). The van der Waals surface area contributed by atoms with Gasteiger partial charge in [-0.3, -0.25) is 4.79 Å². The van der Waals surface area contributed by atoms with Gasteiger partial charge >= 0.3 is 0 Å². The fraction of sp³-hybridized carbons (Fsp3) is 0.562. The third-order valence-electron chi connectivity index (χ3n) is 4.82. The summed E-state index contributed by atoms with van der Waals surface area (Å²) in [5.41, 5.74) is 0.619. The third kappa shape index (κ3) is 2.34. The van der Waals surface area contributed by atoms with Crippen LogP contribution in [-0.4, -0.2) is 44.5 Å². The van der Waals surface area contributed by atoms with E-state index in [1.807, 2.05) is 24.3 Å². The maximum atomic E-state index is 12.8. The maximum Gasteiger partial charge on any atom is 0.238 e. The zero-order chi connectivity index (χ0) is 16.0. The quantitative estimate of drug-likeness (QED) is 0.852. The van der Waals surface area contributed by atoms with Gasteiger partial charge in [0.25, 0.3) is 0 Å². The second kappa shape index (κ2) is 5.35. The molecular formula is C16H22N2O3S. The standard InChI is InChI=1S/C16H22N2O3S/c1-16(12-22(20,21)18-10-6-3-7-11-18)13-8-4-5-9-14(13)17(2)15(16)19/h4-5,8-9H,3,6-7,10-12H2,1-2H3. The molecule has 0 aliphatic carbocycles. The van der Waals surface area contributed by atoms with Gasteiger partial charge in [-0.25, -0.2) is 12.7 Å². The number of anilines is 1. The molecule has 1 fully saturated rings. The minimum Gasteiger partial charge on any atom is -0.314 e. The number of benzene rings is 1. The maximum absolute atomic E-state index is 12.8. The largest absolute Gasteiger partial charge is 0.314 e. The number of sulfonamides is 1. The Balaban J connectivity index is 1.95. The SMILES string of the molecule is CN1C(=O)C(C)(CS(=O)(=O)N2CCCCC2)c2ccccc21. The van der Waals surface area contributed by atoms with E-state index in [0.717, 1.165) is 30.5 Å². The number of carbonyl (C=O) groups excluding carboxylic acids is 1. The lowest BCUT2D eigenvalue weighted by Gasteiger charge is -2.30. The lowest BCUT2D eigenvalue weighted by atomic mass is 9.86. The first-order valence-corrected chi connectivity index (χ1v) is 9.33. The number of carbonyl (C=O) groups is 1. The van der Waals surface area contributed by atoms with Crippen molar-refractivity contribution in [3.8, 4) is 0 Å². The van der Waals surface area contributed by atoms with Crippen LogP contribution in [0.15, 0.2) is 24.3 Å². The van der Waals surface area contributed by atoms with Gasteiger partial charge in [0.05, 0.1) is 11.2 Å². The van der Waals surface area contributed by atoms with Crippen molar-refractivity contribution in [3.63, 3.8) is 0 Å². The van der Waals surface area contributed by atoms with Gasteiger partial charge < -0.3 is 4.90 Å². The van der Waals surface area contributed by atoms with Gasteiger partial charge in [-0.1, -0.05) is 24.6 Å². The smallest absolute Gasteiger partial charge is 0.238 e. The van der Waals surface area contributed by atoms with Crippen molar-refractivity contribution in [1.82, 2.24) is 4.31 Å². The van der Waals surface area contributed by atoms with Crippen LogP contribution in [0.4, 0.5) is 5.69 Å². The topological polar surface area (TPSA) is 57.7 Å². The molecular weight excluding hydrogens is 300 g/mol. The van der Waals surface area contributed by atoms with Crippen LogP contribution in [0.3, 0.4) is 0 Å². The summed E-state index contributed by atoms with van der Waals surface area (Å²) in [4.78, 5) is 14.3. The number of hydrogen-bond donors (Lipinski definition) is 0. The van der Waals surface area contributed by atoms with E-state index in [2.05, 4.69) is 0 Å². The molecule has 2 aliphatic rings. The van der Waals surface area contributed by atoms with Crippen LogP contribution < -0.4 is 4.90 Å². The Morgan fingerprint density at radius 3 is 2.45 bits per heavy atom. The van der Waals surface area contributed by atoms with E-state index in [-0.39, 0.29) is 11.7 Å². The van der Waals surface area contributed by atoms with Gasteiger partial charge in [0, 0.05) is 25.8 Å². The van der Waals surface area contributed by atoms with E-state index < -0.39 is 15.4 Å². The highest BCUT2D eigenvalue weighted by atomic mass is 32.2. The number of fused-ring (bicyclic) bond motifs is 1. The number of hydrogen-bond acceptors (Lipinski definition) is 3. The molecule has 1 aromatic rings. The third-order valence-corrected chi connectivity index (χ3v) is 6.91. The van der Waals surface area contributed by atoms with Crippen molar-refractivity contribution in [3.05, 3.63) is 29.8 Å². The van der Waals surface area contributed by atoms with Gasteiger partial charge in [0.2, 0.25) is 15.9 Å². The van der Waals surface area contributed by atoms with Gasteiger partial charge in [0.1, 0.15) is 0 Å². The summed E-state index contributed by atoms with van der Waals surface area (Å²) in [7, 11) is -1.73. The molecule has 2 aliphatic heterocycles. The van der Waals surface area contributed by atoms with Crippen LogP contribution in [0.2, 0.25) is 0 Å². The molecule has 22 heavy (non-hydrogen) atoms. The summed E-state index contributed by atoms with van der Waals surface area (Å²) in [6.07, 6.45) is 2.88. The molecule has 0 aromatic heterocycles. The Bertz CT molecular complexity index is 695. The average Bonchev–Trinajstić information content (AvgIpc) is 2.70. The Kier molecular flexibility index (Phi) is 3.77. The van der Waals surface area contributed by atoms with Gasteiger partial charge in [-0.15, -0.1) is 0 Å². The van der Waals surface area contributed by atoms with Crippen LogP contribution in [0.1, 0.15) is 31.7 Å². The number of likely N-dealkylation sites (N-methyl/N-ethyl adjacent to an activating group) is 1. The first kappa shape index (κ1) is 15.5. The minimum atomic E-state index is -3.44. The van der Waals surface area contributed by atoms with Crippen molar-refractivity contribution in [1.29, 1.82) is 0 Å². The minimum absolute atomic E-state index is 0.144. The molecule has 1 unspecified atom stereocenters. The number of piperidine rings is 1. The molecule has 2 heterocycles. The summed E-state index contributed by atoms with van der Waals surface area (Å²) >= 11 is 0. The normalized spacial score (nSPS) is 26.3. The number of rotatable bonds is 3. The monoisotopic (exact) mass is 322 g/mol. The predicted molar refractivity (Wildman–Crippen MR) is 86.4 cm³/mol. The second-order valence-corrected chi connectivity index (χ2v) is 8.40. The zero-order valence-corrected chi connectivity index (χ0v) is 13.9. The molecule has 1 saturated heterocycles. The van der Waals surface area contributed by atoms with Crippen LogP contribution in [-0.2, 0) is 20.2 Å². The lowest BCUT2D eigenvalue weighted by molar-refractivity contribution is -0.121. The van der Waals surface area contributed by atoms with Crippen molar-refractivity contribution in [2.75, 3.05) is 30.8 Å². The molecule has 1 amide bonds. The van der Waals surface area contributed by atoms with Crippen molar-refractivity contribution in [2.45, 2.75) is 31.6 Å². The molecule has 120 valence electrons. The number of nitrogens with zero attached hydrogens (tertiary/aromatic N) is 2.